The second kappa shape index (κ2) is 7.92. The number of fused-ring (bicyclic) bond motifs is 1. The Bertz CT molecular complexity index is 1320. The van der Waals surface area contributed by atoms with Gasteiger partial charge in [0.1, 0.15) is 9.96 Å². The molecule has 0 spiro atoms. The lowest BCUT2D eigenvalue weighted by atomic mass is 10.1. The third kappa shape index (κ3) is 3.69. The van der Waals surface area contributed by atoms with E-state index in [0.717, 1.165) is 21.8 Å². The molecule has 0 aliphatic rings. The summed E-state index contributed by atoms with van der Waals surface area (Å²) in [4.78, 5) is 15.9. The minimum atomic E-state index is -3.86. The highest BCUT2D eigenvalue weighted by Crippen LogP contribution is 2.34. The topological polar surface area (TPSA) is 98.5 Å². The van der Waals surface area contributed by atoms with E-state index in [9.17, 15) is 13.2 Å². The molecule has 154 valence electrons. The molecule has 0 saturated carbocycles. The van der Waals surface area contributed by atoms with Crippen LogP contribution in [0.5, 0.6) is 5.75 Å². The average Bonchev–Trinajstić information content (AvgIpc) is 3.38. The molecule has 30 heavy (non-hydrogen) atoms. The Morgan fingerprint density at radius 3 is 2.77 bits per heavy atom. The normalized spacial score (nSPS) is 11.6. The summed E-state index contributed by atoms with van der Waals surface area (Å²) in [6.45, 7) is 0. The van der Waals surface area contributed by atoms with E-state index in [2.05, 4.69) is 4.98 Å². The third-order valence-electron chi connectivity index (χ3n) is 4.71. The first-order valence-corrected chi connectivity index (χ1v) is 11.3. The number of carbonyl (C=O) groups is 1. The van der Waals surface area contributed by atoms with Crippen molar-refractivity contribution in [1.82, 2.24) is 8.96 Å². The predicted octanol–water partition coefficient (Wildman–Crippen LogP) is 4.03. The van der Waals surface area contributed by atoms with E-state index in [4.69, 9.17) is 9.84 Å². The number of aryl methyl sites for hydroxylation is 1. The maximum Gasteiger partial charge on any atom is 0.303 e. The van der Waals surface area contributed by atoms with E-state index in [1.807, 2.05) is 6.07 Å². The van der Waals surface area contributed by atoms with Crippen molar-refractivity contribution in [2.24, 2.45) is 0 Å². The van der Waals surface area contributed by atoms with Gasteiger partial charge in [0.2, 0.25) is 0 Å². The highest BCUT2D eigenvalue weighted by molar-refractivity contribution is 7.92. The zero-order valence-corrected chi connectivity index (χ0v) is 17.6. The number of benzene rings is 1. The summed E-state index contributed by atoms with van der Waals surface area (Å²) in [5, 5.41) is 9.71. The van der Waals surface area contributed by atoms with Crippen molar-refractivity contribution in [3.05, 3.63) is 66.6 Å². The minimum absolute atomic E-state index is 0.0967. The standard InChI is InChI=1S/C21H18N2O5S2/c1-28-16-5-6-18-17(11-16)15(4-8-20(24)25)13-23(18)30(26,27)21-9-7-19(29-21)14-3-2-10-22-12-14/h2-3,5-7,9-13H,4,8H2,1H3,(H,24,25). The van der Waals surface area contributed by atoms with Gasteiger partial charge in [0.15, 0.2) is 0 Å². The van der Waals surface area contributed by atoms with Gasteiger partial charge in [-0.15, -0.1) is 11.3 Å². The maximum absolute atomic E-state index is 13.4. The summed E-state index contributed by atoms with van der Waals surface area (Å²) < 4.78 is 33.5. The average molecular weight is 443 g/mol. The van der Waals surface area contributed by atoms with Crippen LogP contribution >= 0.6 is 11.3 Å². The van der Waals surface area contributed by atoms with Crippen LogP contribution in [-0.4, -0.2) is 35.6 Å². The van der Waals surface area contributed by atoms with Crippen molar-refractivity contribution in [3.8, 4) is 16.2 Å². The van der Waals surface area contributed by atoms with Crippen LogP contribution in [0.1, 0.15) is 12.0 Å². The molecule has 0 bridgehead atoms. The summed E-state index contributed by atoms with van der Waals surface area (Å²) in [7, 11) is -2.34. The lowest BCUT2D eigenvalue weighted by molar-refractivity contribution is -0.136. The first-order chi connectivity index (χ1) is 14.4. The fourth-order valence-corrected chi connectivity index (χ4v) is 6.01. The molecule has 0 atom stereocenters. The Morgan fingerprint density at radius 2 is 2.07 bits per heavy atom. The van der Waals surface area contributed by atoms with E-state index in [0.29, 0.717) is 22.2 Å². The Labute approximate surface area is 177 Å². The molecule has 4 aromatic rings. The molecule has 7 nitrogen and oxygen atoms in total. The quantitative estimate of drug-likeness (QED) is 0.464. The summed E-state index contributed by atoms with van der Waals surface area (Å²) >= 11 is 1.16. The van der Waals surface area contributed by atoms with Crippen molar-refractivity contribution in [3.63, 3.8) is 0 Å². The number of aromatic nitrogens is 2. The summed E-state index contributed by atoms with van der Waals surface area (Å²) in [6.07, 6.45) is 4.97. The largest absolute Gasteiger partial charge is 0.497 e. The van der Waals surface area contributed by atoms with E-state index in [1.165, 1.54) is 17.3 Å². The number of rotatable bonds is 7. The number of carboxylic acids is 1. The molecule has 0 unspecified atom stereocenters. The van der Waals surface area contributed by atoms with Crippen LogP contribution < -0.4 is 4.74 Å². The Hall–Kier alpha value is -3.17. The van der Waals surface area contributed by atoms with Crippen LogP contribution in [0.4, 0.5) is 0 Å². The molecule has 4 rings (SSSR count). The number of hydrogen-bond donors (Lipinski definition) is 1. The van der Waals surface area contributed by atoms with Gasteiger partial charge in [-0.3, -0.25) is 9.78 Å². The lowest BCUT2D eigenvalue weighted by Crippen LogP contribution is -2.10. The molecule has 0 amide bonds. The third-order valence-corrected chi connectivity index (χ3v) is 7.98. The fraction of sp³-hybridized carbons (Fsp3) is 0.143. The second-order valence-corrected chi connectivity index (χ2v) is 9.72. The highest BCUT2D eigenvalue weighted by atomic mass is 32.2. The monoisotopic (exact) mass is 442 g/mol. The van der Waals surface area contributed by atoms with E-state index in [1.54, 1.807) is 48.8 Å². The van der Waals surface area contributed by atoms with Crippen molar-refractivity contribution in [2.45, 2.75) is 17.1 Å². The highest BCUT2D eigenvalue weighted by Gasteiger charge is 2.24. The maximum atomic E-state index is 13.4. The number of nitrogens with zero attached hydrogens (tertiary/aromatic N) is 2. The van der Waals surface area contributed by atoms with Gasteiger partial charge in [-0.1, -0.05) is 6.07 Å². The summed E-state index contributed by atoms with van der Waals surface area (Å²) in [5.41, 5.74) is 1.96. The van der Waals surface area contributed by atoms with Gasteiger partial charge in [-0.2, -0.15) is 8.42 Å². The van der Waals surface area contributed by atoms with Gasteiger partial charge < -0.3 is 9.84 Å². The van der Waals surface area contributed by atoms with E-state index in [-0.39, 0.29) is 17.1 Å². The fourth-order valence-electron chi connectivity index (χ4n) is 3.23. The lowest BCUT2D eigenvalue weighted by Gasteiger charge is -2.06. The smallest absolute Gasteiger partial charge is 0.303 e. The van der Waals surface area contributed by atoms with Gasteiger partial charge in [-0.05, 0) is 48.4 Å². The molecule has 0 radical (unpaired) electrons. The van der Waals surface area contributed by atoms with Crippen LogP contribution in [0.2, 0.25) is 0 Å². The molecular formula is C21H18N2O5S2. The second-order valence-electron chi connectivity index (χ2n) is 6.59. The molecule has 1 aromatic carbocycles. The number of thiophene rings is 1. The Balaban J connectivity index is 1.81. The van der Waals surface area contributed by atoms with Crippen molar-refractivity contribution in [1.29, 1.82) is 0 Å². The molecule has 9 heteroatoms. The molecular weight excluding hydrogens is 424 g/mol. The first kappa shape index (κ1) is 20.1. The minimum Gasteiger partial charge on any atom is -0.497 e. The van der Waals surface area contributed by atoms with Crippen LogP contribution in [-0.2, 0) is 21.2 Å². The van der Waals surface area contributed by atoms with Crippen LogP contribution in [0.15, 0.2) is 65.3 Å². The predicted molar refractivity (Wildman–Crippen MR) is 115 cm³/mol. The number of hydrogen-bond acceptors (Lipinski definition) is 6. The first-order valence-electron chi connectivity index (χ1n) is 9.06. The molecule has 0 aliphatic heterocycles. The van der Waals surface area contributed by atoms with Crippen LogP contribution in [0, 0.1) is 0 Å². The molecule has 3 aromatic heterocycles. The summed E-state index contributed by atoms with van der Waals surface area (Å²) in [6, 6.07) is 12.1. The summed E-state index contributed by atoms with van der Waals surface area (Å²) in [5.74, 6) is -0.370. The van der Waals surface area contributed by atoms with Crippen LogP contribution in [0.25, 0.3) is 21.3 Å². The van der Waals surface area contributed by atoms with Gasteiger partial charge in [-0.25, -0.2) is 3.97 Å². The number of methoxy groups -OCH3 is 1. The van der Waals surface area contributed by atoms with Crippen LogP contribution in [0.3, 0.4) is 0 Å². The van der Waals surface area contributed by atoms with Crippen molar-refractivity contribution < 1.29 is 23.1 Å². The Morgan fingerprint density at radius 1 is 1.23 bits per heavy atom. The SMILES string of the molecule is COc1ccc2c(c1)c(CCC(=O)O)cn2S(=O)(=O)c1ccc(-c2cccnc2)s1. The molecule has 0 saturated heterocycles. The van der Waals surface area contributed by atoms with Gasteiger partial charge in [0, 0.05) is 40.8 Å². The molecule has 1 N–H and O–H groups in total. The van der Waals surface area contributed by atoms with Gasteiger partial charge in [0.05, 0.1) is 12.6 Å². The number of carboxylic acid groups (broad SMARTS) is 1. The number of pyridine rings is 1. The van der Waals surface area contributed by atoms with E-state index >= 15 is 0 Å². The zero-order valence-electron chi connectivity index (χ0n) is 16.0. The van der Waals surface area contributed by atoms with Gasteiger partial charge in [0.25, 0.3) is 10.0 Å². The number of aliphatic carboxylic acids is 1. The number of ether oxygens (including phenoxy) is 1. The van der Waals surface area contributed by atoms with E-state index < -0.39 is 16.0 Å². The molecule has 0 aliphatic carbocycles. The van der Waals surface area contributed by atoms with Crippen molar-refractivity contribution >= 4 is 38.2 Å². The molecule has 3 heterocycles. The van der Waals surface area contributed by atoms with Gasteiger partial charge >= 0.3 is 5.97 Å². The molecule has 0 fully saturated rings. The Kier molecular flexibility index (Phi) is 5.31. The van der Waals surface area contributed by atoms with Crippen molar-refractivity contribution in [2.75, 3.05) is 7.11 Å². The zero-order chi connectivity index (χ0) is 21.3.